The van der Waals surface area contributed by atoms with Crippen LogP contribution < -0.4 is 5.32 Å². The predicted octanol–water partition coefficient (Wildman–Crippen LogP) is 9.58. The molecule has 3 aliphatic heterocycles. The third-order valence-corrected chi connectivity index (χ3v) is 15.8. The Morgan fingerprint density at radius 2 is 1.54 bits per heavy atom. The van der Waals surface area contributed by atoms with Gasteiger partial charge in [0.1, 0.15) is 6.04 Å². The van der Waals surface area contributed by atoms with E-state index in [9.17, 15) is 19.2 Å². The average molecular weight is 885 g/mol. The lowest BCUT2D eigenvalue weighted by molar-refractivity contribution is -0.149. The number of carbonyl (C=O) groups excluding carboxylic acids is 4. The molecular weight excluding hydrogens is 827 g/mol. The number of fused-ring (bicyclic) bond motifs is 6. The fourth-order valence-electron chi connectivity index (χ4n) is 12.0. The number of hydrogen-bond donors (Lipinski definition) is 1. The van der Waals surface area contributed by atoms with Crippen LogP contribution in [0.3, 0.4) is 0 Å². The molecule has 2 saturated heterocycles. The maximum Gasteiger partial charge on any atom is 0.407 e. The molecule has 7 aliphatic rings. The van der Waals surface area contributed by atoms with Gasteiger partial charge in [-0.3, -0.25) is 19.4 Å². The second-order valence-electron chi connectivity index (χ2n) is 20.4. The zero-order valence-electron chi connectivity index (χ0n) is 38.1. The van der Waals surface area contributed by atoms with E-state index in [1.807, 2.05) is 56.9 Å². The van der Waals surface area contributed by atoms with Gasteiger partial charge in [-0.1, -0.05) is 76.2 Å². The van der Waals surface area contributed by atoms with Crippen LogP contribution >= 0.6 is 0 Å². The maximum absolute atomic E-state index is 16.7. The van der Waals surface area contributed by atoms with Gasteiger partial charge in [-0.15, -0.1) is 0 Å². The van der Waals surface area contributed by atoms with E-state index in [4.69, 9.17) is 14.5 Å². The first-order valence-corrected chi connectivity index (χ1v) is 23.4. The standard InChI is InChI=1S/C53H58F2N4O6/c1-28(2)41(24-46(60)64-5)49(61)59-38-12-9-34(20-38)48(59)36-18-31-8-7-30(17-35(31)19-36)32-10-13-39-40-14-11-33(22-43(40)53(54,55)42(39)21-32)37-23-44(56-26-37)45-25-52(15-16-52)27-58(45)50(62)47(29(3)4)57-51(63)65-6/h7-8,10-11,13-14,17-18,21-22,26,28-29,34,38,41,45,47-48H,9,12,15-16,19-20,23-25,27H2,1-6H3,(H,57,63)/t34-,38+,41-,45-,47-,48-/m0/s1. The summed E-state index contributed by atoms with van der Waals surface area (Å²) in [5, 5.41) is 2.73. The molecule has 6 atom stereocenters. The Morgan fingerprint density at radius 3 is 2.22 bits per heavy atom. The fourth-order valence-corrected chi connectivity index (χ4v) is 12.0. The van der Waals surface area contributed by atoms with E-state index >= 15 is 8.78 Å². The molecule has 2 saturated carbocycles. The largest absolute Gasteiger partial charge is 0.469 e. The number of methoxy groups -OCH3 is 2. The van der Waals surface area contributed by atoms with Crippen LogP contribution in [-0.2, 0) is 36.2 Å². The number of likely N-dealkylation sites (tertiary alicyclic amines) is 2. The Hall–Kier alpha value is -5.65. The summed E-state index contributed by atoms with van der Waals surface area (Å²) in [6, 6.07) is 16.0. The van der Waals surface area contributed by atoms with Gasteiger partial charge in [-0.25, -0.2) is 4.79 Å². The molecule has 3 heterocycles. The van der Waals surface area contributed by atoms with Gasteiger partial charge in [0.15, 0.2) is 0 Å². The first-order chi connectivity index (χ1) is 31.1. The highest BCUT2D eigenvalue weighted by Gasteiger charge is 2.56. The van der Waals surface area contributed by atoms with Crippen molar-refractivity contribution in [3.8, 4) is 22.3 Å². The molecule has 12 heteroatoms. The molecule has 0 radical (unpaired) electrons. The van der Waals surface area contributed by atoms with E-state index < -0.39 is 24.0 Å². The van der Waals surface area contributed by atoms with E-state index in [2.05, 4.69) is 28.4 Å². The highest BCUT2D eigenvalue weighted by molar-refractivity contribution is 6.04. The molecule has 65 heavy (non-hydrogen) atoms. The summed E-state index contributed by atoms with van der Waals surface area (Å²) in [4.78, 5) is 61.5. The number of amides is 3. The Kier molecular flexibility index (Phi) is 10.7. The molecule has 4 fully saturated rings. The minimum Gasteiger partial charge on any atom is -0.469 e. The number of rotatable bonds is 11. The molecule has 3 aromatic carbocycles. The quantitative estimate of drug-likeness (QED) is 0.192. The van der Waals surface area contributed by atoms with E-state index in [0.29, 0.717) is 47.6 Å². The van der Waals surface area contributed by atoms with Gasteiger partial charge in [0.2, 0.25) is 11.8 Å². The number of aliphatic imine (C=N–C) groups is 1. The number of halogens is 2. The number of nitrogens with zero attached hydrogens (tertiary/aromatic N) is 3. The second-order valence-corrected chi connectivity index (χ2v) is 20.4. The zero-order chi connectivity index (χ0) is 45.7. The van der Waals surface area contributed by atoms with Crippen molar-refractivity contribution in [2.24, 2.45) is 34.1 Å². The number of carbonyl (C=O) groups is 4. The first-order valence-electron chi connectivity index (χ1n) is 23.4. The maximum atomic E-state index is 16.7. The van der Waals surface area contributed by atoms with Gasteiger partial charge in [-0.05, 0) is 130 Å². The molecule has 3 amide bonds. The molecule has 0 unspecified atom stereocenters. The summed E-state index contributed by atoms with van der Waals surface area (Å²) >= 11 is 0. The molecule has 340 valence electrons. The minimum atomic E-state index is -3.23. The van der Waals surface area contributed by atoms with Crippen LogP contribution in [0, 0.1) is 29.1 Å². The number of nitrogens with one attached hydrogen (secondary N) is 1. The third kappa shape index (κ3) is 7.39. The highest BCUT2D eigenvalue weighted by Crippen LogP contribution is 2.57. The minimum absolute atomic E-state index is 0.00717. The molecule has 3 aromatic rings. The summed E-state index contributed by atoms with van der Waals surface area (Å²) < 4.78 is 43.2. The van der Waals surface area contributed by atoms with Crippen molar-refractivity contribution in [1.29, 1.82) is 0 Å². The third-order valence-electron chi connectivity index (χ3n) is 15.8. The number of ether oxygens (including phenoxy) is 2. The summed E-state index contributed by atoms with van der Waals surface area (Å²) in [7, 11) is 2.64. The van der Waals surface area contributed by atoms with E-state index in [0.717, 1.165) is 66.5 Å². The van der Waals surface area contributed by atoms with Crippen LogP contribution in [-0.4, -0.2) is 84.3 Å². The Bertz CT molecular complexity index is 2610. The Balaban J connectivity index is 0.846. The smallest absolute Gasteiger partial charge is 0.407 e. The van der Waals surface area contributed by atoms with Gasteiger partial charge in [0, 0.05) is 42.0 Å². The van der Waals surface area contributed by atoms with Gasteiger partial charge < -0.3 is 24.6 Å². The summed E-state index contributed by atoms with van der Waals surface area (Å²) in [5.74, 6) is -3.95. The van der Waals surface area contributed by atoms with Crippen LogP contribution in [0.5, 0.6) is 0 Å². The Morgan fingerprint density at radius 1 is 0.846 bits per heavy atom. The van der Waals surface area contributed by atoms with Crippen molar-refractivity contribution in [2.45, 2.75) is 116 Å². The van der Waals surface area contributed by atoms with Gasteiger partial charge in [-0.2, -0.15) is 8.78 Å². The fraction of sp³-hybridized carbons (Fsp3) is 0.491. The summed E-state index contributed by atoms with van der Waals surface area (Å²) in [5.41, 5.74) is 8.38. The zero-order valence-corrected chi connectivity index (χ0v) is 38.1. The highest BCUT2D eigenvalue weighted by atomic mass is 19.3. The number of hydrogen-bond acceptors (Lipinski definition) is 7. The van der Waals surface area contributed by atoms with Crippen LogP contribution in [0.15, 0.2) is 71.4 Å². The van der Waals surface area contributed by atoms with Crippen LogP contribution in [0.1, 0.15) is 107 Å². The van der Waals surface area contributed by atoms with E-state index in [-0.39, 0.29) is 70.7 Å². The molecule has 10 rings (SSSR count). The second kappa shape index (κ2) is 16.0. The molecule has 0 aromatic heterocycles. The summed E-state index contributed by atoms with van der Waals surface area (Å²) in [6.45, 7) is 8.37. The topological polar surface area (TPSA) is 118 Å². The molecule has 2 bridgehead atoms. The normalized spacial score (nSPS) is 24.7. The number of esters is 1. The van der Waals surface area contributed by atoms with Crippen LogP contribution in [0.4, 0.5) is 13.6 Å². The van der Waals surface area contributed by atoms with Crippen molar-refractivity contribution in [3.05, 3.63) is 94.2 Å². The number of alkyl halides is 2. The van der Waals surface area contributed by atoms with Gasteiger partial charge in [0.05, 0.1) is 38.6 Å². The number of allylic oxidation sites excluding steroid dienone is 1. The monoisotopic (exact) mass is 884 g/mol. The van der Waals surface area contributed by atoms with Crippen molar-refractivity contribution in [1.82, 2.24) is 15.1 Å². The molecular formula is C53H58F2N4O6. The van der Waals surface area contributed by atoms with Crippen molar-refractivity contribution in [2.75, 3.05) is 20.8 Å². The SMILES string of the molecule is COC(=O)C[C@H](C(=O)N1[C@@H]2CC[C@@H](C2)[C@H]1C1=Cc2ccc(-c3ccc4c(c3)C(F)(F)c3cc(C5=CN=C([C@@H]6CC7(CC7)CN6C(=O)[C@@H](NC(=O)OC)C(C)C)C5)ccc3-4)cc2C1)C(C)C. The van der Waals surface area contributed by atoms with E-state index in [1.54, 1.807) is 24.4 Å². The molecule has 4 aliphatic carbocycles. The van der Waals surface area contributed by atoms with Crippen molar-refractivity contribution >= 4 is 41.2 Å². The molecule has 1 N–H and O–H groups in total. The van der Waals surface area contributed by atoms with Crippen LogP contribution in [0.2, 0.25) is 0 Å². The van der Waals surface area contributed by atoms with E-state index in [1.165, 1.54) is 19.8 Å². The van der Waals surface area contributed by atoms with Gasteiger partial charge in [0.25, 0.3) is 5.92 Å². The summed E-state index contributed by atoms with van der Waals surface area (Å²) in [6.07, 6.45) is 10.4. The lowest BCUT2D eigenvalue weighted by Gasteiger charge is -2.39. The lowest BCUT2D eigenvalue weighted by atomic mass is 9.86. The number of alkyl carbamates (subject to hydrolysis) is 1. The number of piperidine rings is 1. The van der Waals surface area contributed by atoms with Crippen LogP contribution in [0.25, 0.3) is 33.9 Å². The average Bonchev–Trinajstić information content (AvgIpc) is 3.95. The first kappa shape index (κ1) is 43.3. The van der Waals surface area contributed by atoms with Crippen molar-refractivity contribution in [3.63, 3.8) is 0 Å². The number of benzene rings is 3. The van der Waals surface area contributed by atoms with Crippen molar-refractivity contribution < 1.29 is 37.4 Å². The Labute approximate surface area is 379 Å². The molecule has 10 nitrogen and oxygen atoms in total. The lowest BCUT2D eigenvalue weighted by Crippen LogP contribution is -2.53. The van der Waals surface area contributed by atoms with Gasteiger partial charge >= 0.3 is 12.1 Å². The molecule has 1 spiro atoms. The predicted molar refractivity (Wildman–Crippen MR) is 245 cm³/mol.